The fourth-order valence-electron chi connectivity index (χ4n) is 2.45. The van der Waals surface area contributed by atoms with Gasteiger partial charge in [-0.3, -0.25) is 0 Å². The smallest absolute Gasteiger partial charge is 0.252 e. The molecule has 5 heteroatoms. The quantitative estimate of drug-likeness (QED) is 0.815. The molecule has 1 aliphatic carbocycles. The van der Waals surface area contributed by atoms with Crippen molar-refractivity contribution in [3.63, 3.8) is 0 Å². The Labute approximate surface area is 108 Å². The highest BCUT2D eigenvalue weighted by molar-refractivity contribution is 4.95. The van der Waals surface area contributed by atoms with Gasteiger partial charge in [-0.05, 0) is 12.8 Å². The molecule has 0 aliphatic heterocycles. The molecule has 2 rings (SSSR count). The van der Waals surface area contributed by atoms with Gasteiger partial charge >= 0.3 is 0 Å². The monoisotopic (exact) mass is 253 g/mol. The first-order chi connectivity index (χ1) is 8.90. The van der Waals surface area contributed by atoms with E-state index in [-0.39, 0.29) is 0 Å². The van der Waals surface area contributed by atoms with Crippen molar-refractivity contribution in [3.8, 4) is 0 Å². The molecule has 0 bridgehead atoms. The van der Waals surface area contributed by atoms with Gasteiger partial charge in [0.25, 0.3) is 5.89 Å². The first-order valence-corrected chi connectivity index (χ1v) is 7.00. The van der Waals surface area contributed by atoms with Crippen LogP contribution in [0.15, 0.2) is 4.52 Å². The summed E-state index contributed by atoms with van der Waals surface area (Å²) < 4.78 is 10.5. The van der Waals surface area contributed by atoms with Gasteiger partial charge in [0.05, 0.1) is 6.61 Å². The van der Waals surface area contributed by atoms with Crippen LogP contribution >= 0.6 is 0 Å². The fourth-order valence-corrected chi connectivity index (χ4v) is 2.45. The van der Waals surface area contributed by atoms with E-state index in [1.807, 2.05) is 0 Å². The van der Waals surface area contributed by atoms with Crippen LogP contribution in [0.4, 0.5) is 0 Å². The zero-order chi connectivity index (χ0) is 12.6. The number of rotatable bonds is 5. The Hall–Kier alpha value is -0.940. The van der Waals surface area contributed by atoms with Crippen LogP contribution in [0.2, 0.25) is 0 Å². The molecular formula is C13H23N3O2. The van der Waals surface area contributed by atoms with Crippen LogP contribution in [-0.2, 0) is 11.3 Å². The van der Waals surface area contributed by atoms with Crippen LogP contribution in [0.1, 0.15) is 62.6 Å². The van der Waals surface area contributed by atoms with E-state index in [0.29, 0.717) is 31.6 Å². The molecule has 0 unspecified atom stereocenters. The zero-order valence-corrected chi connectivity index (χ0v) is 10.9. The second-order valence-corrected chi connectivity index (χ2v) is 4.93. The Bertz CT molecular complexity index is 333. The Morgan fingerprint density at radius 3 is 2.61 bits per heavy atom. The van der Waals surface area contributed by atoms with Crippen molar-refractivity contribution in [1.82, 2.24) is 10.1 Å². The van der Waals surface area contributed by atoms with Gasteiger partial charge in [-0.15, -0.1) is 0 Å². The van der Waals surface area contributed by atoms with E-state index in [1.54, 1.807) is 0 Å². The summed E-state index contributed by atoms with van der Waals surface area (Å²) in [6.07, 6.45) is 8.96. The summed E-state index contributed by atoms with van der Waals surface area (Å²) in [7, 11) is 0. The van der Waals surface area contributed by atoms with Crippen LogP contribution < -0.4 is 5.73 Å². The molecular weight excluding hydrogens is 230 g/mol. The number of aromatic nitrogens is 2. The molecule has 1 heterocycles. The highest BCUT2D eigenvalue weighted by Gasteiger charge is 2.19. The van der Waals surface area contributed by atoms with Crippen molar-refractivity contribution in [2.75, 3.05) is 13.2 Å². The van der Waals surface area contributed by atoms with Gasteiger partial charge in [0, 0.05) is 12.5 Å². The van der Waals surface area contributed by atoms with Crippen LogP contribution in [0.3, 0.4) is 0 Å². The van der Waals surface area contributed by atoms with Crippen molar-refractivity contribution >= 4 is 0 Å². The minimum Gasteiger partial charge on any atom is -0.370 e. The first kappa shape index (κ1) is 13.5. The summed E-state index contributed by atoms with van der Waals surface area (Å²) in [5, 5.41) is 4.09. The highest BCUT2D eigenvalue weighted by atomic mass is 16.5. The normalized spacial score (nSPS) is 18.5. The van der Waals surface area contributed by atoms with Gasteiger partial charge in [0.1, 0.15) is 6.61 Å². The second-order valence-electron chi connectivity index (χ2n) is 4.93. The molecule has 2 N–H and O–H groups in total. The van der Waals surface area contributed by atoms with Crippen molar-refractivity contribution < 1.29 is 9.26 Å². The SMILES string of the molecule is NCCOCc1nc(C2CCCCCCC2)no1. The summed E-state index contributed by atoms with van der Waals surface area (Å²) >= 11 is 0. The molecule has 1 aromatic rings. The van der Waals surface area contributed by atoms with Gasteiger partial charge in [0.15, 0.2) is 5.82 Å². The Kier molecular flexibility index (Phi) is 5.61. The van der Waals surface area contributed by atoms with Crippen LogP contribution in [0.25, 0.3) is 0 Å². The third-order valence-electron chi connectivity index (χ3n) is 3.44. The lowest BCUT2D eigenvalue weighted by Crippen LogP contribution is -2.08. The van der Waals surface area contributed by atoms with Gasteiger partial charge in [-0.25, -0.2) is 0 Å². The average molecular weight is 253 g/mol. The van der Waals surface area contributed by atoms with E-state index in [0.717, 1.165) is 5.82 Å². The number of hydrogen-bond acceptors (Lipinski definition) is 5. The highest BCUT2D eigenvalue weighted by Crippen LogP contribution is 2.29. The topological polar surface area (TPSA) is 74.2 Å². The van der Waals surface area contributed by atoms with Crippen molar-refractivity contribution in [2.45, 2.75) is 57.5 Å². The number of nitrogens with two attached hydrogens (primary N) is 1. The van der Waals surface area contributed by atoms with Crippen LogP contribution in [0.5, 0.6) is 0 Å². The largest absolute Gasteiger partial charge is 0.370 e. The Morgan fingerprint density at radius 1 is 1.17 bits per heavy atom. The first-order valence-electron chi connectivity index (χ1n) is 7.00. The van der Waals surface area contributed by atoms with E-state index in [4.69, 9.17) is 15.0 Å². The summed E-state index contributed by atoms with van der Waals surface area (Å²) in [5.41, 5.74) is 5.36. The molecule has 1 aliphatic rings. The molecule has 0 saturated heterocycles. The zero-order valence-electron chi connectivity index (χ0n) is 10.9. The van der Waals surface area contributed by atoms with Gasteiger partial charge in [-0.1, -0.05) is 37.3 Å². The predicted molar refractivity (Wildman–Crippen MR) is 68.1 cm³/mol. The van der Waals surface area contributed by atoms with Crippen LogP contribution in [0, 0.1) is 0 Å². The molecule has 0 amide bonds. The molecule has 5 nitrogen and oxygen atoms in total. The standard InChI is InChI=1S/C13H23N3O2/c14-8-9-17-10-12-15-13(16-18-12)11-6-4-2-1-3-5-7-11/h11H,1-10,14H2. The van der Waals surface area contributed by atoms with E-state index < -0.39 is 0 Å². The molecule has 1 fully saturated rings. The summed E-state index contributed by atoms with van der Waals surface area (Å²) in [4.78, 5) is 4.43. The molecule has 0 aromatic carbocycles. The minimum absolute atomic E-state index is 0.372. The van der Waals surface area contributed by atoms with E-state index >= 15 is 0 Å². The Morgan fingerprint density at radius 2 is 1.89 bits per heavy atom. The lowest BCUT2D eigenvalue weighted by atomic mass is 9.91. The van der Waals surface area contributed by atoms with Gasteiger partial charge in [0.2, 0.25) is 0 Å². The van der Waals surface area contributed by atoms with Crippen molar-refractivity contribution in [3.05, 3.63) is 11.7 Å². The van der Waals surface area contributed by atoms with Gasteiger partial charge < -0.3 is 15.0 Å². The molecule has 102 valence electrons. The lowest BCUT2D eigenvalue weighted by Gasteiger charge is -2.15. The molecule has 0 atom stereocenters. The number of nitrogens with zero attached hydrogens (tertiary/aromatic N) is 2. The van der Waals surface area contributed by atoms with Crippen LogP contribution in [-0.4, -0.2) is 23.3 Å². The number of hydrogen-bond donors (Lipinski definition) is 1. The molecule has 1 aromatic heterocycles. The maximum atomic E-state index is 5.36. The Balaban J connectivity index is 1.86. The van der Waals surface area contributed by atoms with E-state index in [9.17, 15) is 0 Å². The average Bonchev–Trinajstić information content (AvgIpc) is 2.78. The minimum atomic E-state index is 0.372. The maximum absolute atomic E-state index is 5.36. The molecule has 1 saturated carbocycles. The summed E-state index contributed by atoms with van der Waals surface area (Å²) in [6, 6.07) is 0. The lowest BCUT2D eigenvalue weighted by molar-refractivity contribution is 0.104. The molecule has 0 radical (unpaired) electrons. The third kappa shape index (κ3) is 4.07. The molecule has 0 spiro atoms. The third-order valence-corrected chi connectivity index (χ3v) is 3.44. The summed E-state index contributed by atoms with van der Waals surface area (Å²) in [5.74, 6) is 1.90. The predicted octanol–water partition coefficient (Wildman–Crippen LogP) is 2.37. The van der Waals surface area contributed by atoms with Crippen molar-refractivity contribution in [2.24, 2.45) is 5.73 Å². The second kappa shape index (κ2) is 7.48. The molecule has 18 heavy (non-hydrogen) atoms. The summed E-state index contributed by atoms with van der Waals surface area (Å²) in [6.45, 7) is 1.42. The van der Waals surface area contributed by atoms with E-state index in [2.05, 4.69) is 10.1 Å². The van der Waals surface area contributed by atoms with Gasteiger partial charge in [-0.2, -0.15) is 4.98 Å². The maximum Gasteiger partial charge on any atom is 0.252 e. The number of ether oxygens (including phenoxy) is 1. The van der Waals surface area contributed by atoms with E-state index in [1.165, 1.54) is 44.9 Å². The van der Waals surface area contributed by atoms with Crippen molar-refractivity contribution in [1.29, 1.82) is 0 Å². The fraction of sp³-hybridized carbons (Fsp3) is 0.846.